The van der Waals surface area contributed by atoms with Crippen molar-refractivity contribution in [3.05, 3.63) is 32.6 Å². The first-order valence-electron chi connectivity index (χ1n) is 5.10. The molecule has 1 heterocycles. The first-order chi connectivity index (χ1) is 7.51. The fourth-order valence-corrected chi connectivity index (χ4v) is 1.59. The zero-order chi connectivity index (χ0) is 12.3. The lowest BCUT2D eigenvalue weighted by Gasteiger charge is -2.15. The van der Waals surface area contributed by atoms with Crippen molar-refractivity contribution in [2.45, 2.75) is 32.7 Å². The van der Waals surface area contributed by atoms with Crippen LogP contribution in [-0.4, -0.2) is 20.6 Å². The van der Waals surface area contributed by atoms with Crippen molar-refractivity contribution in [2.75, 3.05) is 0 Å². The Balaban J connectivity index is 3.41. The number of aromatic amines is 1. The van der Waals surface area contributed by atoms with Crippen LogP contribution in [0, 0.1) is 0 Å². The van der Waals surface area contributed by atoms with Crippen LogP contribution in [-0.2, 0) is 0 Å². The lowest BCUT2D eigenvalue weighted by molar-refractivity contribution is 0.0693. The summed E-state index contributed by atoms with van der Waals surface area (Å²) in [4.78, 5) is 35.4. The molecule has 88 valence electrons. The van der Waals surface area contributed by atoms with Gasteiger partial charge in [0.2, 0.25) is 0 Å². The molecule has 0 atom stereocenters. The highest BCUT2D eigenvalue weighted by atomic mass is 16.4. The highest BCUT2D eigenvalue weighted by Gasteiger charge is 2.15. The summed E-state index contributed by atoms with van der Waals surface area (Å²) in [6.45, 7) is 3.79. The summed E-state index contributed by atoms with van der Waals surface area (Å²) in [5.74, 6) is -1.33. The third-order valence-corrected chi connectivity index (χ3v) is 2.53. The topological polar surface area (TPSA) is 92.2 Å². The molecule has 6 nitrogen and oxygen atoms in total. The Bertz CT molecular complexity index is 496. The average Bonchev–Trinajstić information content (AvgIpc) is 2.22. The molecular formula is C10H14N2O4. The molecule has 16 heavy (non-hydrogen) atoms. The second-order valence-electron chi connectivity index (χ2n) is 3.48. The minimum absolute atomic E-state index is 0.0950. The molecule has 0 spiro atoms. The molecule has 2 N–H and O–H groups in total. The van der Waals surface area contributed by atoms with Gasteiger partial charge in [-0.2, -0.15) is 0 Å². The summed E-state index contributed by atoms with van der Waals surface area (Å²) in [7, 11) is 0. The van der Waals surface area contributed by atoms with E-state index in [-0.39, 0.29) is 6.04 Å². The van der Waals surface area contributed by atoms with Gasteiger partial charge in [0, 0.05) is 12.2 Å². The van der Waals surface area contributed by atoms with Crippen molar-refractivity contribution in [2.24, 2.45) is 0 Å². The van der Waals surface area contributed by atoms with Crippen LogP contribution < -0.4 is 11.2 Å². The van der Waals surface area contributed by atoms with E-state index in [1.54, 1.807) is 0 Å². The quantitative estimate of drug-likeness (QED) is 0.786. The number of carboxylic acids is 1. The fourth-order valence-electron chi connectivity index (χ4n) is 1.59. The molecule has 1 aromatic heterocycles. The van der Waals surface area contributed by atoms with Crippen molar-refractivity contribution in [1.82, 2.24) is 9.55 Å². The highest BCUT2D eigenvalue weighted by molar-refractivity contribution is 5.86. The molecule has 6 heteroatoms. The van der Waals surface area contributed by atoms with Crippen LogP contribution in [0.25, 0.3) is 0 Å². The van der Waals surface area contributed by atoms with E-state index >= 15 is 0 Å². The molecule has 1 rings (SSSR count). The minimum Gasteiger partial charge on any atom is -0.477 e. The Hall–Kier alpha value is -1.85. The van der Waals surface area contributed by atoms with Gasteiger partial charge >= 0.3 is 11.7 Å². The monoisotopic (exact) mass is 226 g/mol. The highest BCUT2D eigenvalue weighted by Crippen LogP contribution is 2.11. The van der Waals surface area contributed by atoms with Gasteiger partial charge in [0.05, 0.1) is 0 Å². The Morgan fingerprint density at radius 1 is 1.44 bits per heavy atom. The molecular weight excluding hydrogens is 212 g/mol. The fraction of sp³-hybridized carbons (Fsp3) is 0.500. The van der Waals surface area contributed by atoms with Gasteiger partial charge in [-0.15, -0.1) is 0 Å². The maximum Gasteiger partial charge on any atom is 0.342 e. The van der Waals surface area contributed by atoms with Gasteiger partial charge in [-0.25, -0.2) is 9.59 Å². The molecule has 0 aliphatic heterocycles. The number of nitrogens with zero attached hydrogens (tertiary/aromatic N) is 1. The molecule has 0 unspecified atom stereocenters. The molecule has 0 saturated carbocycles. The molecule has 0 aliphatic carbocycles. The number of H-pyrrole nitrogens is 1. The zero-order valence-corrected chi connectivity index (χ0v) is 9.19. The van der Waals surface area contributed by atoms with Gasteiger partial charge in [0.1, 0.15) is 5.56 Å². The van der Waals surface area contributed by atoms with Gasteiger partial charge in [-0.05, 0) is 12.8 Å². The maximum absolute atomic E-state index is 11.5. The first kappa shape index (κ1) is 12.2. The summed E-state index contributed by atoms with van der Waals surface area (Å²) in [5, 5.41) is 8.77. The first-order valence-corrected chi connectivity index (χ1v) is 5.10. The number of aromatic carboxylic acids is 1. The van der Waals surface area contributed by atoms with Crippen LogP contribution in [0.2, 0.25) is 0 Å². The van der Waals surface area contributed by atoms with Gasteiger partial charge in [0.15, 0.2) is 0 Å². The van der Waals surface area contributed by atoms with Crippen LogP contribution in [0.1, 0.15) is 43.1 Å². The van der Waals surface area contributed by atoms with E-state index in [1.165, 1.54) is 4.57 Å². The van der Waals surface area contributed by atoms with E-state index in [1.807, 2.05) is 18.8 Å². The van der Waals surface area contributed by atoms with E-state index in [9.17, 15) is 14.4 Å². The molecule has 0 aliphatic rings. The number of hydrogen-bond acceptors (Lipinski definition) is 3. The molecule has 0 fully saturated rings. The minimum atomic E-state index is -1.33. The van der Waals surface area contributed by atoms with Crippen molar-refractivity contribution in [3.63, 3.8) is 0 Å². The number of hydrogen-bond donors (Lipinski definition) is 2. The summed E-state index contributed by atoms with van der Waals surface area (Å²) >= 11 is 0. The summed E-state index contributed by atoms with van der Waals surface area (Å²) < 4.78 is 1.27. The van der Waals surface area contributed by atoms with Crippen molar-refractivity contribution in [1.29, 1.82) is 0 Å². The molecule has 0 bridgehead atoms. The van der Waals surface area contributed by atoms with Gasteiger partial charge in [-0.1, -0.05) is 13.8 Å². The molecule has 0 aromatic carbocycles. The summed E-state index contributed by atoms with van der Waals surface area (Å²) in [6, 6.07) is -0.0950. The zero-order valence-electron chi connectivity index (χ0n) is 9.19. The number of carboxylic acid groups (broad SMARTS) is 1. The Kier molecular flexibility index (Phi) is 3.65. The van der Waals surface area contributed by atoms with E-state index in [2.05, 4.69) is 0 Å². The van der Waals surface area contributed by atoms with E-state index in [4.69, 9.17) is 5.11 Å². The number of rotatable bonds is 4. The predicted molar refractivity (Wildman–Crippen MR) is 57.9 cm³/mol. The Morgan fingerprint density at radius 3 is 2.44 bits per heavy atom. The molecule has 0 saturated heterocycles. The smallest absolute Gasteiger partial charge is 0.342 e. The van der Waals surface area contributed by atoms with Crippen LogP contribution in [0.5, 0.6) is 0 Å². The van der Waals surface area contributed by atoms with Crippen molar-refractivity contribution >= 4 is 5.97 Å². The summed E-state index contributed by atoms with van der Waals surface area (Å²) in [5.41, 5.74) is -1.84. The number of carbonyl (C=O) groups is 1. The third-order valence-electron chi connectivity index (χ3n) is 2.53. The van der Waals surface area contributed by atoms with Gasteiger partial charge < -0.3 is 5.11 Å². The molecule has 1 aromatic rings. The largest absolute Gasteiger partial charge is 0.477 e. The van der Waals surface area contributed by atoms with E-state index < -0.39 is 22.8 Å². The van der Waals surface area contributed by atoms with Gasteiger partial charge in [-0.3, -0.25) is 14.3 Å². The third kappa shape index (κ3) is 2.21. The standard InChI is InChI=1S/C10H14N2O4/c1-3-6(4-2)12-5-7(9(14)15)8(13)11-10(12)16/h5-6H,3-4H2,1-2H3,(H,14,15)(H,11,13,16). The SMILES string of the molecule is CCC(CC)n1cc(C(=O)O)c(=O)[nH]c1=O. The van der Waals surface area contributed by atoms with Crippen LogP contribution in [0.15, 0.2) is 15.8 Å². The normalized spacial score (nSPS) is 10.7. The van der Waals surface area contributed by atoms with E-state index in [0.717, 1.165) is 6.20 Å². The number of aromatic nitrogens is 2. The average molecular weight is 226 g/mol. The molecule has 0 amide bonds. The Labute approximate surface area is 91.5 Å². The van der Waals surface area contributed by atoms with E-state index in [0.29, 0.717) is 12.8 Å². The van der Waals surface area contributed by atoms with Crippen LogP contribution in [0.4, 0.5) is 0 Å². The van der Waals surface area contributed by atoms with Gasteiger partial charge in [0.25, 0.3) is 5.56 Å². The Morgan fingerprint density at radius 2 is 2.00 bits per heavy atom. The van der Waals surface area contributed by atoms with Crippen LogP contribution in [0.3, 0.4) is 0 Å². The maximum atomic E-state index is 11.5. The summed E-state index contributed by atoms with van der Waals surface area (Å²) in [6.07, 6.45) is 2.50. The number of nitrogens with one attached hydrogen (secondary N) is 1. The lowest BCUT2D eigenvalue weighted by atomic mass is 10.1. The molecule has 0 radical (unpaired) electrons. The van der Waals surface area contributed by atoms with Crippen LogP contribution >= 0.6 is 0 Å². The van der Waals surface area contributed by atoms with Crippen molar-refractivity contribution in [3.8, 4) is 0 Å². The lowest BCUT2D eigenvalue weighted by Crippen LogP contribution is -2.35. The second-order valence-corrected chi connectivity index (χ2v) is 3.48. The van der Waals surface area contributed by atoms with Crippen molar-refractivity contribution < 1.29 is 9.90 Å². The predicted octanol–water partition coefficient (Wildman–Crippen LogP) is 0.596. The second kappa shape index (κ2) is 4.78.